The summed E-state index contributed by atoms with van der Waals surface area (Å²) in [5.74, 6) is 0.761. The van der Waals surface area contributed by atoms with Crippen molar-refractivity contribution in [1.82, 2.24) is 9.88 Å². The maximum Gasteiger partial charge on any atom is 0.416 e. The van der Waals surface area contributed by atoms with E-state index >= 15 is 0 Å². The van der Waals surface area contributed by atoms with Gasteiger partial charge in [-0.1, -0.05) is 30.3 Å². The number of benzene rings is 2. The lowest BCUT2D eigenvalue weighted by atomic mass is 10.1. The fraction of sp³-hybridized carbons (Fsp3) is 0.167. The van der Waals surface area contributed by atoms with Crippen LogP contribution in [0, 0.1) is 0 Å². The molecule has 0 N–H and O–H groups in total. The Balaban J connectivity index is 1.52. The van der Waals surface area contributed by atoms with Gasteiger partial charge < -0.3 is 14.1 Å². The Hall–Kier alpha value is -3.59. The van der Waals surface area contributed by atoms with Crippen LogP contribution in [0.15, 0.2) is 76.7 Å². The lowest BCUT2D eigenvalue weighted by molar-refractivity contribution is -0.138. The first-order valence-corrected chi connectivity index (χ1v) is 10.8. The van der Waals surface area contributed by atoms with Gasteiger partial charge in [0.25, 0.3) is 5.91 Å². The third-order valence-electron chi connectivity index (χ3n) is 4.87. The van der Waals surface area contributed by atoms with Gasteiger partial charge in [0.15, 0.2) is 0 Å². The van der Waals surface area contributed by atoms with Crippen molar-refractivity contribution in [2.75, 3.05) is 7.05 Å². The molecular weight excluding hydrogens is 453 g/mol. The van der Waals surface area contributed by atoms with Gasteiger partial charge in [-0.05, 0) is 30.3 Å². The third-order valence-corrected chi connectivity index (χ3v) is 5.74. The van der Waals surface area contributed by atoms with E-state index in [1.54, 1.807) is 55.1 Å². The molecule has 0 atom stereocenters. The second-order valence-corrected chi connectivity index (χ2v) is 8.08. The molecule has 0 saturated heterocycles. The van der Waals surface area contributed by atoms with Gasteiger partial charge in [0, 0.05) is 18.0 Å². The van der Waals surface area contributed by atoms with Crippen molar-refractivity contribution in [3.8, 4) is 16.3 Å². The lowest BCUT2D eigenvalue weighted by Crippen LogP contribution is -2.26. The number of ether oxygens (including phenoxy) is 1. The molecule has 0 spiro atoms. The van der Waals surface area contributed by atoms with Gasteiger partial charge in [-0.15, -0.1) is 11.3 Å². The second-order valence-electron chi connectivity index (χ2n) is 7.22. The maximum absolute atomic E-state index is 13.3. The van der Waals surface area contributed by atoms with Crippen molar-refractivity contribution in [3.63, 3.8) is 0 Å². The minimum atomic E-state index is -4.47. The van der Waals surface area contributed by atoms with Crippen LogP contribution in [0.4, 0.5) is 13.2 Å². The molecule has 2 heterocycles. The second kappa shape index (κ2) is 9.50. The molecule has 5 nitrogen and oxygen atoms in total. The predicted octanol–water partition coefficient (Wildman–Crippen LogP) is 6.27. The highest BCUT2D eigenvalue weighted by atomic mass is 32.1. The molecule has 170 valence electrons. The number of rotatable bonds is 7. The Morgan fingerprint density at radius 2 is 1.85 bits per heavy atom. The number of hydrogen-bond acceptors (Lipinski definition) is 5. The number of carbonyl (C=O) groups excluding carboxylic acids is 1. The third kappa shape index (κ3) is 5.25. The largest absolute Gasteiger partial charge is 0.488 e. The summed E-state index contributed by atoms with van der Waals surface area (Å²) in [7, 11) is 1.65. The molecule has 9 heteroatoms. The van der Waals surface area contributed by atoms with Crippen molar-refractivity contribution in [2.45, 2.75) is 19.3 Å². The van der Waals surface area contributed by atoms with E-state index in [9.17, 15) is 18.0 Å². The number of nitrogens with zero attached hydrogens (tertiary/aromatic N) is 2. The number of alkyl halides is 3. The minimum absolute atomic E-state index is 0.0364. The van der Waals surface area contributed by atoms with Crippen molar-refractivity contribution >= 4 is 17.2 Å². The van der Waals surface area contributed by atoms with Gasteiger partial charge in [-0.25, -0.2) is 4.98 Å². The summed E-state index contributed by atoms with van der Waals surface area (Å²) in [5.41, 5.74) is 0.166. The zero-order valence-corrected chi connectivity index (χ0v) is 18.3. The smallest absolute Gasteiger partial charge is 0.416 e. The predicted molar refractivity (Wildman–Crippen MR) is 118 cm³/mol. The van der Waals surface area contributed by atoms with E-state index in [2.05, 4.69) is 4.98 Å². The number of furan rings is 1. The Bertz CT molecular complexity index is 1240. The Morgan fingerprint density at radius 1 is 1.09 bits per heavy atom. The van der Waals surface area contributed by atoms with Gasteiger partial charge >= 0.3 is 6.18 Å². The normalized spacial score (nSPS) is 11.4. The van der Waals surface area contributed by atoms with Crippen LogP contribution in [0.5, 0.6) is 5.75 Å². The van der Waals surface area contributed by atoms with E-state index in [1.165, 1.54) is 34.4 Å². The first kappa shape index (κ1) is 22.6. The van der Waals surface area contributed by atoms with Crippen LogP contribution in [-0.4, -0.2) is 22.8 Å². The standard InChI is InChI=1S/C24H19F3N2O3S/c1-29(13-17-8-6-12-31-17)23(30)20-15-33-22(28-20)18-9-3-5-11-21(18)32-14-16-7-2-4-10-19(16)24(25,26)27/h2-12,15H,13-14H2,1H3. The summed E-state index contributed by atoms with van der Waals surface area (Å²) in [6.07, 6.45) is -2.93. The maximum atomic E-state index is 13.3. The average Bonchev–Trinajstić information content (AvgIpc) is 3.49. The first-order chi connectivity index (χ1) is 15.8. The molecule has 0 unspecified atom stereocenters. The van der Waals surface area contributed by atoms with Crippen LogP contribution >= 0.6 is 11.3 Å². The minimum Gasteiger partial charge on any atom is -0.488 e. The summed E-state index contributed by atoms with van der Waals surface area (Å²) in [5, 5.41) is 2.18. The highest BCUT2D eigenvalue weighted by Gasteiger charge is 2.33. The van der Waals surface area contributed by atoms with Gasteiger partial charge in [0.05, 0.1) is 23.9 Å². The molecule has 4 aromatic rings. The highest BCUT2D eigenvalue weighted by Crippen LogP contribution is 2.35. The molecular formula is C24H19F3N2O3S. The molecule has 2 aromatic heterocycles. The molecule has 4 rings (SSSR count). The van der Waals surface area contributed by atoms with Crippen molar-refractivity contribution in [3.05, 3.63) is 94.9 Å². The van der Waals surface area contributed by atoms with Crippen LogP contribution in [0.1, 0.15) is 27.4 Å². The monoisotopic (exact) mass is 472 g/mol. The van der Waals surface area contributed by atoms with Crippen molar-refractivity contribution in [2.24, 2.45) is 0 Å². The Kier molecular flexibility index (Phi) is 6.50. The summed E-state index contributed by atoms with van der Waals surface area (Å²) in [6, 6.07) is 15.8. The SMILES string of the molecule is CN(Cc1ccco1)C(=O)c1csc(-c2ccccc2OCc2ccccc2C(F)(F)F)n1. The fourth-order valence-electron chi connectivity index (χ4n) is 3.25. The van der Waals surface area contributed by atoms with Crippen LogP contribution in [0.25, 0.3) is 10.6 Å². The van der Waals surface area contributed by atoms with Gasteiger partial charge in [-0.2, -0.15) is 13.2 Å². The number of aromatic nitrogens is 1. The van der Waals surface area contributed by atoms with Crippen molar-refractivity contribution < 1.29 is 27.1 Å². The molecule has 1 amide bonds. The molecule has 0 saturated carbocycles. The van der Waals surface area contributed by atoms with E-state index < -0.39 is 11.7 Å². The fourth-order valence-corrected chi connectivity index (χ4v) is 4.07. The van der Waals surface area contributed by atoms with E-state index in [-0.39, 0.29) is 23.8 Å². The molecule has 0 aliphatic heterocycles. The van der Waals surface area contributed by atoms with Crippen molar-refractivity contribution in [1.29, 1.82) is 0 Å². The lowest BCUT2D eigenvalue weighted by Gasteiger charge is -2.15. The number of amides is 1. The molecule has 0 aliphatic carbocycles. The molecule has 0 aliphatic rings. The number of carbonyl (C=O) groups is 1. The van der Waals surface area contributed by atoms with Crippen LogP contribution in [0.2, 0.25) is 0 Å². The summed E-state index contributed by atoms with van der Waals surface area (Å²) in [6.45, 7) is 0.0484. The molecule has 33 heavy (non-hydrogen) atoms. The van der Waals surface area contributed by atoms with Crippen LogP contribution in [0.3, 0.4) is 0 Å². The zero-order valence-electron chi connectivity index (χ0n) is 17.5. The number of halogens is 3. The summed E-state index contributed by atoms with van der Waals surface area (Å²) >= 11 is 1.26. The summed E-state index contributed by atoms with van der Waals surface area (Å²) < 4.78 is 50.9. The molecule has 0 fully saturated rings. The molecule has 2 aromatic carbocycles. The average molecular weight is 472 g/mol. The molecule has 0 radical (unpaired) electrons. The van der Waals surface area contributed by atoms with E-state index in [0.717, 1.165) is 6.07 Å². The van der Waals surface area contributed by atoms with Gasteiger partial charge in [0.1, 0.15) is 28.8 Å². The Labute approximate surface area is 192 Å². The van der Waals surface area contributed by atoms with Crippen LogP contribution in [-0.2, 0) is 19.3 Å². The highest BCUT2D eigenvalue weighted by molar-refractivity contribution is 7.13. The zero-order chi connectivity index (χ0) is 23.4. The number of hydrogen-bond donors (Lipinski definition) is 0. The van der Waals surface area contributed by atoms with Gasteiger partial charge in [0.2, 0.25) is 0 Å². The Morgan fingerprint density at radius 3 is 2.61 bits per heavy atom. The number of para-hydroxylation sites is 1. The molecule has 0 bridgehead atoms. The summed E-state index contributed by atoms with van der Waals surface area (Å²) in [4.78, 5) is 18.7. The van der Waals surface area contributed by atoms with E-state index in [0.29, 0.717) is 28.6 Å². The first-order valence-electron chi connectivity index (χ1n) is 9.93. The van der Waals surface area contributed by atoms with Gasteiger partial charge in [-0.3, -0.25) is 4.79 Å². The topological polar surface area (TPSA) is 55.6 Å². The van der Waals surface area contributed by atoms with Crippen LogP contribution < -0.4 is 4.74 Å². The quantitative estimate of drug-likeness (QED) is 0.318. The van der Waals surface area contributed by atoms with E-state index in [4.69, 9.17) is 9.15 Å². The number of thiazole rings is 1. The van der Waals surface area contributed by atoms with E-state index in [1.807, 2.05) is 0 Å².